The van der Waals surface area contributed by atoms with Crippen LogP contribution in [0.3, 0.4) is 0 Å². The van der Waals surface area contributed by atoms with Crippen LogP contribution in [0.15, 0.2) is 200 Å². The fraction of sp³-hybridized carbons (Fsp3) is 0.485. The molecule has 0 aliphatic carbocycles. The van der Waals surface area contributed by atoms with Crippen LogP contribution in [-0.4, -0.2) is 250 Å². The average Bonchev–Trinajstić information content (AvgIpc) is 0.824. The topological polar surface area (TPSA) is 194 Å². The van der Waals surface area contributed by atoms with Gasteiger partial charge in [-0.1, -0.05) is 156 Å². The van der Waals surface area contributed by atoms with E-state index >= 15 is 0 Å². The summed E-state index contributed by atoms with van der Waals surface area (Å²) in [5.41, 5.74) is 11.4. The molecule has 8 atom stereocenters. The van der Waals surface area contributed by atoms with Crippen molar-refractivity contribution in [3.05, 3.63) is 273 Å². The Balaban J connectivity index is 0.000000139. The minimum absolute atomic E-state index is 0.0420. The van der Waals surface area contributed by atoms with Crippen LogP contribution >= 0.6 is 0 Å². The van der Waals surface area contributed by atoms with E-state index in [0.29, 0.717) is 19.6 Å². The van der Waals surface area contributed by atoms with Crippen molar-refractivity contribution in [2.24, 2.45) is 23.7 Å². The average molecular weight is 1650 g/mol. The number of aliphatic hydroxyl groups is 4. The molecular weight excluding hydrogens is 1520 g/mol. The van der Waals surface area contributed by atoms with Crippen LogP contribution in [0, 0.1) is 56.1 Å². The van der Waals surface area contributed by atoms with Gasteiger partial charge in [0.25, 0.3) is 0 Å². The van der Waals surface area contributed by atoms with E-state index < -0.39 is 12.2 Å². The first-order chi connectivity index (χ1) is 58.6. The number of ketones is 4. The number of ether oxygens (including phenoxy) is 2. The summed E-state index contributed by atoms with van der Waals surface area (Å²) in [4.78, 5) is 70.0. The molecule has 8 saturated heterocycles. The normalized spacial score (nSPS) is 23.9. The van der Waals surface area contributed by atoms with Crippen molar-refractivity contribution in [2.75, 3.05) is 119 Å². The number of nitrogens with zero attached hydrogens (tertiary/aromatic N) is 8. The number of carbonyl (C=O) groups is 4. The van der Waals surface area contributed by atoms with Crippen LogP contribution in [0.1, 0.15) is 157 Å². The van der Waals surface area contributed by atoms with Gasteiger partial charge in [0, 0.05) is 149 Å². The lowest BCUT2D eigenvalue weighted by Gasteiger charge is -2.44. The molecule has 8 aliphatic rings. The van der Waals surface area contributed by atoms with E-state index in [2.05, 4.69) is 75.6 Å². The predicted octanol–water partition coefficient (Wildman–Crippen LogP) is 14.1. The minimum Gasteiger partial charge on any atom is -0.497 e. The highest BCUT2D eigenvalue weighted by Crippen LogP contribution is 2.34. The molecule has 0 amide bonds. The third-order valence-electron chi connectivity index (χ3n) is 26.8. The molecular formula is C101H128F2N8O10. The molecule has 8 fully saturated rings. The molecule has 16 rings (SSSR count). The zero-order chi connectivity index (χ0) is 84.9. The minimum atomic E-state index is -0.414. The molecule has 0 bridgehead atoms. The maximum Gasteiger partial charge on any atom is 0.166 e. The van der Waals surface area contributed by atoms with Crippen molar-refractivity contribution < 1.29 is 57.9 Å². The number of aryl methyl sites for hydroxylation is 3. The summed E-state index contributed by atoms with van der Waals surface area (Å²) in [7, 11) is 3.30. The zero-order valence-electron chi connectivity index (χ0n) is 71.7. The predicted molar refractivity (Wildman–Crippen MR) is 472 cm³/mol. The molecule has 8 heterocycles. The molecule has 0 spiro atoms. The molecule has 0 radical (unpaired) electrons. The highest BCUT2D eigenvalue weighted by Gasteiger charge is 2.41. The number of benzene rings is 8. The van der Waals surface area contributed by atoms with Crippen LogP contribution in [-0.2, 0) is 26.2 Å². The van der Waals surface area contributed by atoms with E-state index in [1.807, 2.05) is 148 Å². The number of rotatable bonds is 22. The lowest BCUT2D eigenvalue weighted by molar-refractivity contribution is -0.0252. The highest BCUT2D eigenvalue weighted by molar-refractivity contribution is 5.99. The number of aliphatic hydroxyl groups excluding tert-OH is 4. The van der Waals surface area contributed by atoms with E-state index in [4.69, 9.17) is 9.47 Å². The summed E-state index contributed by atoms with van der Waals surface area (Å²) in [6, 6.07) is 63.6. The first-order valence-electron chi connectivity index (χ1n) is 44.4. The third kappa shape index (κ3) is 25.3. The van der Waals surface area contributed by atoms with Crippen LogP contribution < -0.4 is 9.47 Å². The summed E-state index contributed by atoms with van der Waals surface area (Å²) in [6.45, 7) is 22.8. The monoisotopic (exact) mass is 1650 g/mol. The number of Topliss-reactive ketones (excluding diaryl/α,β-unsaturated/α-hetero) is 4. The van der Waals surface area contributed by atoms with Crippen LogP contribution in [0.4, 0.5) is 8.78 Å². The Hall–Kier alpha value is -8.58. The van der Waals surface area contributed by atoms with Gasteiger partial charge in [-0.15, -0.1) is 0 Å². The number of β-amino-alcohol motifs (C(OH)–C–C–N with tert-alkyl or cyclic N) is 4. The van der Waals surface area contributed by atoms with Crippen molar-refractivity contribution in [1.29, 1.82) is 0 Å². The molecule has 18 nitrogen and oxygen atoms in total. The van der Waals surface area contributed by atoms with Crippen LogP contribution in [0.5, 0.6) is 11.5 Å². The van der Waals surface area contributed by atoms with Gasteiger partial charge in [-0.2, -0.15) is 0 Å². The smallest absolute Gasteiger partial charge is 0.166 e. The molecule has 8 aromatic rings. The second kappa shape index (κ2) is 44.1. The number of halogens is 2. The molecule has 0 saturated carbocycles. The van der Waals surface area contributed by atoms with Crippen molar-refractivity contribution in [1.82, 2.24) is 39.2 Å². The fourth-order valence-corrected chi connectivity index (χ4v) is 19.6. The maximum atomic E-state index is 13.1. The number of hydrogen-bond donors (Lipinski definition) is 4. The van der Waals surface area contributed by atoms with Gasteiger partial charge >= 0.3 is 0 Å². The quantitative estimate of drug-likeness (QED) is 0.0468. The number of methoxy groups -OCH3 is 2. The number of likely N-dealkylation sites (tertiary alicyclic amines) is 8. The molecule has 0 aromatic heterocycles. The van der Waals surface area contributed by atoms with Gasteiger partial charge in [0.1, 0.15) is 23.1 Å². The Morgan fingerprint density at radius 2 is 0.504 bits per heavy atom. The summed E-state index contributed by atoms with van der Waals surface area (Å²) in [5, 5.41) is 43.2. The van der Waals surface area contributed by atoms with E-state index in [0.717, 1.165) is 233 Å². The first kappa shape index (κ1) is 90.2. The highest BCUT2D eigenvalue weighted by atomic mass is 19.1. The Morgan fingerprint density at radius 3 is 0.736 bits per heavy atom. The van der Waals surface area contributed by atoms with Gasteiger partial charge in [-0.25, -0.2) is 8.78 Å². The van der Waals surface area contributed by atoms with Crippen LogP contribution in [0.2, 0.25) is 0 Å². The van der Waals surface area contributed by atoms with Crippen molar-refractivity contribution in [3.63, 3.8) is 0 Å². The van der Waals surface area contributed by atoms with Crippen LogP contribution in [0.25, 0.3) is 0 Å². The molecule has 8 unspecified atom stereocenters. The van der Waals surface area contributed by atoms with Gasteiger partial charge in [0.05, 0.1) is 38.6 Å². The SMILES string of the molecule is COc1ccc(C(=O)C2CCN(C3CCN(Cc4ccc(F)cc4)CC3O)CC2)cc1.COc1ccc(CN2CCC(N3CCC(C(=O)c4ccc(C)cc4)CC3)C(O)C2)cc1.Cc1ccc(C(=O)C2CCN(C3CCN(Cc4ccc(F)cc4)CC3O)CC2)cc1.Cc1ccc(C(=O)C2CCN(C3CCN(Cc4ccccc4)CC3O)CC2)cc1. The van der Waals surface area contributed by atoms with Gasteiger partial charge in [0.2, 0.25) is 0 Å². The van der Waals surface area contributed by atoms with E-state index in [1.54, 1.807) is 26.4 Å². The largest absolute Gasteiger partial charge is 0.497 e. The van der Waals surface area contributed by atoms with Crippen molar-refractivity contribution in [3.8, 4) is 11.5 Å². The van der Waals surface area contributed by atoms with Gasteiger partial charge < -0.3 is 29.9 Å². The molecule has 4 N–H and O–H groups in total. The number of carbonyl (C=O) groups excluding carboxylic acids is 4. The fourth-order valence-electron chi connectivity index (χ4n) is 19.6. The van der Waals surface area contributed by atoms with E-state index in [-0.39, 0.29) is 94.8 Å². The molecule has 8 aliphatic heterocycles. The molecule has 646 valence electrons. The second-order valence-corrected chi connectivity index (χ2v) is 35.2. The van der Waals surface area contributed by atoms with Crippen molar-refractivity contribution in [2.45, 2.75) is 173 Å². The van der Waals surface area contributed by atoms with Gasteiger partial charge in [-0.05, 0) is 233 Å². The Morgan fingerprint density at radius 1 is 0.289 bits per heavy atom. The van der Waals surface area contributed by atoms with Gasteiger partial charge in [-0.3, -0.25) is 58.4 Å². The maximum absolute atomic E-state index is 13.1. The standard InChI is InChI=1S/C26H34N2O3.C25H31FN2O3.C25H31FN2O2.C25H32N2O2/c1-19-3-7-21(8-4-19)26(30)22-11-15-28(16-12-22)24-13-14-27(18-25(24)29)17-20-5-9-23(31-2)10-6-20;1-31-22-8-4-19(5-9-22)25(30)20-10-14-28(15-11-20)23-12-13-27(17-24(23)29)16-18-2-6-21(26)7-3-18;1-18-2-6-20(7-3-18)25(30)21-10-14-28(15-11-21)23-12-13-27(17-24(23)29)16-19-4-8-22(26)9-5-19;1-19-7-9-21(10-8-19)25(29)22-11-15-27(16-12-22)23-13-14-26(18-24(23)28)17-20-5-3-2-4-6-20/h3-10,22,24-25,29H,11-18H2,1-2H3;2-9,20,23-24,29H,10-17H2,1H3;2-9,21,23-24,29H,10-17H2,1H3;2-10,22-24,28H,11-18H2,1H3. The summed E-state index contributed by atoms with van der Waals surface area (Å²) >= 11 is 0. The summed E-state index contributed by atoms with van der Waals surface area (Å²) < 4.78 is 36.6. The lowest BCUT2D eigenvalue weighted by Crippen LogP contribution is -2.55. The van der Waals surface area contributed by atoms with Gasteiger partial charge in [0.15, 0.2) is 23.1 Å². The summed E-state index contributed by atoms with van der Waals surface area (Å²) in [5.74, 6) is 2.53. The first-order valence-corrected chi connectivity index (χ1v) is 44.4. The van der Waals surface area contributed by atoms with E-state index in [9.17, 15) is 48.4 Å². The van der Waals surface area contributed by atoms with Crippen molar-refractivity contribution >= 4 is 23.1 Å². The molecule has 8 aromatic carbocycles. The lowest BCUT2D eigenvalue weighted by atomic mass is 9.87. The summed E-state index contributed by atoms with van der Waals surface area (Å²) in [6.07, 6.45) is 9.20. The Kier molecular flexibility index (Phi) is 32.9. The molecule has 121 heavy (non-hydrogen) atoms. The second-order valence-electron chi connectivity index (χ2n) is 35.2. The zero-order valence-corrected chi connectivity index (χ0v) is 71.7. The van der Waals surface area contributed by atoms with E-state index in [1.165, 1.54) is 52.1 Å². The molecule has 20 heteroatoms. The number of piperidine rings is 8. The third-order valence-corrected chi connectivity index (χ3v) is 26.8. The number of hydrogen-bond acceptors (Lipinski definition) is 18. The Bertz CT molecular complexity index is 4520. The Labute approximate surface area is 716 Å².